The van der Waals surface area contributed by atoms with Gasteiger partial charge in [-0.05, 0) is 31.0 Å². The van der Waals surface area contributed by atoms with Gasteiger partial charge in [0, 0.05) is 44.3 Å². The van der Waals surface area contributed by atoms with E-state index in [0.29, 0.717) is 6.04 Å². The van der Waals surface area contributed by atoms with Crippen molar-refractivity contribution in [3.05, 3.63) is 35.4 Å². The molecule has 114 valence electrons. The van der Waals surface area contributed by atoms with E-state index in [2.05, 4.69) is 47.6 Å². The first kappa shape index (κ1) is 16.0. The van der Waals surface area contributed by atoms with Crippen molar-refractivity contribution in [2.45, 2.75) is 32.9 Å². The van der Waals surface area contributed by atoms with Crippen molar-refractivity contribution in [3.8, 4) is 11.8 Å². The number of benzene rings is 1. The second-order valence-electron chi connectivity index (χ2n) is 5.73. The highest BCUT2D eigenvalue weighted by Crippen LogP contribution is 2.12. The fraction of sp³-hybridized carbons (Fsp3) is 0.556. The average molecular weight is 286 g/mol. The summed E-state index contributed by atoms with van der Waals surface area (Å²) in [5.41, 5.74) is 2.30. The molecular weight excluding hydrogens is 260 g/mol. The molecule has 1 aromatic carbocycles. The van der Waals surface area contributed by atoms with Crippen molar-refractivity contribution in [3.63, 3.8) is 0 Å². The maximum atomic E-state index is 8.69. The van der Waals surface area contributed by atoms with Gasteiger partial charge >= 0.3 is 0 Å². The van der Waals surface area contributed by atoms with Crippen LogP contribution in [0.15, 0.2) is 24.3 Å². The maximum Gasteiger partial charge on any atom is 0.104 e. The summed E-state index contributed by atoms with van der Waals surface area (Å²) in [7, 11) is 0. The van der Waals surface area contributed by atoms with Crippen LogP contribution in [0.3, 0.4) is 0 Å². The molecule has 1 aliphatic heterocycles. The Morgan fingerprint density at radius 2 is 1.81 bits per heavy atom. The molecule has 0 aromatic heterocycles. The van der Waals surface area contributed by atoms with Crippen LogP contribution >= 0.6 is 0 Å². The first-order chi connectivity index (χ1) is 10.2. The Labute approximate surface area is 128 Å². The number of hydrogen-bond acceptors (Lipinski definition) is 3. The van der Waals surface area contributed by atoms with E-state index in [-0.39, 0.29) is 6.61 Å². The summed E-state index contributed by atoms with van der Waals surface area (Å²) in [5.74, 6) is 5.61. The Bertz CT molecular complexity index is 478. The van der Waals surface area contributed by atoms with Gasteiger partial charge in [0.2, 0.25) is 0 Å². The molecule has 0 radical (unpaired) electrons. The van der Waals surface area contributed by atoms with Gasteiger partial charge in [-0.2, -0.15) is 0 Å². The Kier molecular flexibility index (Phi) is 6.25. The number of aliphatic hydroxyl groups excluding tert-OH is 1. The first-order valence-corrected chi connectivity index (χ1v) is 7.88. The summed E-state index contributed by atoms with van der Waals surface area (Å²) in [6.07, 6.45) is 1.23. The summed E-state index contributed by atoms with van der Waals surface area (Å²) in [5, 5.41) is 8.69. The molecule has 1 heterocycles. The lowest BCUT2D eigenvalue weighted by Gasteiger charge is -2.37. The molecule has 0 amide bonds. The molecule has 1 atom stereocenters. The molecule has 1 N–H and O–H groups in total. The van der Waals surface area contributed by atoms with Crippen LogP contribution in [-0.4, -0.2) is 53.7 Å². The zero-order valence-electron chi connectivity index (χ0n) is 13.2. The van der Waals surface area contributed by atoms with Crippen molar-refractivity contribution in [1.82, 2.24) is 9.80 Å². The van der Waals surface area contributed by atoms with Gasteiger partial charge in [-0.25, -0.2) is 0 Å². The van der Waals surface area contributed by atoms with Gasteiger partial charge in [0.25, 0.3) is 0 Å². The monoisotopic (exact) mass is 286 g/mol. The average Bonchev–Trinajstić information content (AvgIpc) is 2.54. The van der Waals surface area contributed by atoms with Crippen LogP contribution in [0.2, 0.25) is 0 Å². The molecule has 0 aliphatic carbocycles. The maximum absolute atomic E-state index is 8.69. The third-order valence-electron chi connectivity index (χ3n) is 4.29. The molecule has 0 saturated carbocycles. The standard InChI is InChI=1S/C18H26N2O/c1-3-16(2)20-12-10-19(11-13-20)15-18-8-6-17(7-9-18)5-4-14-21/h6-9,16,21H,3,10-15H2,1-2H3. The second-order valence-corrected chi connectivity index (χ2v) is 5.73. The topological polar surface area (TPSA) is 26.7 Å². The molecule has 3 heteroatoms. The minimum Gasteiger partial charge on any atom is -0.384 e. The fourth-order valence-corrected chi connectivity index (χ4v) is 2.71. The highest BCUT2D eigenvalue weighted by Gasteiger charge is 2.19. The lowest BCUT2D eigenvalue weighted by atomic mass is 10.1. The van der Waals surface area contributed by atoms with E-state index >= 15 is 0 Å². The van der Waals surface area contributed by atoms with Crippen LogP contribution in [0.5, 0.6) is 0 Å². The largest absolute Gasteiger partial charge is 0.384 e. The Morgan fingerprint density at radius 3 is 2.38 bits per heavy atom. The summed E-state index contributed by atoms with van der Waals surface area (Å²) in [4.78, 5) is 5.11. The lowest BCUT2D eigenvalue weighted by Crippen LogP contribution is -2.48. The van der Waals surface area contributed by atoms with E-state index in [1.807, 2.05) is 12.1 Å². The molecule has 1 aliphatic rings. The molecule has 3 nitrogen and oxygen atoms in total. The third kappa shape index (κ3) is 4.86. The van der Waals surface area contributed by atoms with E-state index in [1.54, 1.807) is 0 Å². The van der Waals surface area contributed by atoms with Crippen molar-refractivity contribution in [2.75, 3.05) is 32.8 Å². The van der Waals surface area contributed by atoms with E-state index in [9.17, 15) is 0 Å². The number of hydrogen-bond donors (Lipinski definition) is 1. The van der Waals surface area contributed by atoms with Gasteiger partial charge in [0.1, 0.15) is 6.61 Å². The Balaban J connectivity index is 1.83. The SMILES string of the molecule is CCC(C)N1CCN(Cc2ccc(C#CCO)cc2)CC1. The predicted molar refractivity (Wildman–Crippen MR) is 87.0 cm³/mol. The third-order valence-corrected chi connectivity index (χ3v) is 4.29. The normalized spacial score (nSPS) is 18.0. The lowest BCUT2D eigenvalue weighted by molar-refractivity contribution is 0.0964. The molecule has 1 fully saturated rings. The number of rotatable bonds is 4. The van der Waals surface area contributed by atoms with Crippen LogP contribution in [0, 0.1) is 11.8 Å². The zero-order valence-corrected chi connectivity index (χ0v) is 13.2. The molecule has 1 saturated heterocycles. The minimum absolute atomic E-state index is 0.0811. The van der Waals surface area contributed by atoms with Gasteiger partial charge in [-0.1, -0.05) is 30.9 Å². The quantitative estimate of drug-likeness (QED) is 0.857. The van der Waals surface area contributed by atoms with Crippen molar-refractivity contribution >= 4 is 0 Å². The molecule has 1 unspecified atom stereocenters. The van der Waals surface area contributed by atoms with Gasteiger partial charge in [-0.3, -0.25) is 9.80 Å². The highest BCUT2D eigenvalue weighted by molar-refractivity contribution is 5.36. The van der Waals surface area contributed by atoms with E-state index in [1.165, 1.54) is 25.1 Å². The second kappa shape index (κ2) is 8.19. The Hall–Kier alpha value is -1.34. The first-order valence-electron chi connectivity index (χ1n) is 7.88. The van der Waals surface area contributed by atoms with Gasteiger partial charge in [0.05, 0.1) is 0 Å². The predicted octanol–water partition coefficient (Wildman–Crippen LogP) is 1.95. The van der Waals surface area contributed by atoms with Crippen LogP contribution < -0.4 is 0 Å². The van der Waals surface area contributed by atoms with Gasteiger partial charge < -0.3 is 5.11 Å². The fourth-order valence-electron chi connectivity index (χ4n) is 2.71. The summed E-state index contributed by atoms with van der Waals surface area (Å²) in [6.45, 7) is 10.2. The molecule has 21 heavy (non-hydrogen) atoms. The van der Waals surface area contributed by atoms with Gasteiger partial charge in [0.15, 0.2) is 0 Å². The summed E-state index contributed by atoms with van der Waals surface area (Å²) >= 11 is 0. The van der Waals surface area contributed by atoms with Crippen LogP contribution in [-0.2, 0) is 6.54 Å². The minimum atomic E-state index is -0.0811. The van der Waals surface area contributed by atoms with Crippen molar-refractivity contribution < 1.29 is 5.11 Å². The smallest absolute Gasteiger partial charge is 0.104 e. The van der Waals surface area contributed by atoms with Gasteiger partial charge in [-0.15, -0.1) is 0 Å². The summed E-state index contributed by atoms with van der Waals surface area (Å²) < 4.78 is 0. The Morgan fingerprint density at radius 1 is 1.14 bits per heavy atom. The zero-order chi connectivity index (χ0) is 15.1. The molecule has 0 spiro atoms. The number of piperazine rings is 1. The molecule has 0 bridgehead atoms. The van der Waals surface area contributed by atoms with Crippen LogP contribution in [0.4, 0.5) is 0 Å². The van der Waals surface area contributed by atoms with Crippen molar-refractivity contribution in [1.29, 1.82) is 0 Å². The summed E-state index contributed by atoms with van der Waals surface area (Å²) in [6, 6.07) is 9.06. The van der Waals surface area contributed by atoms with Crippen molar-refractivity contribution in [2.24, 2.45) is 0 Å². The molecular formula is C18H26N2O. The molecule has 2 rings (SSSR count). The van der Waals surface area contributed by atoms with Crippen LogP contribution in [0.25, 0.3) is 0 Å². The van der Waals surface area contributed by atoms with E-state index in [0.717, 1.165) is 25.2 Å². The highest BCUT2D eigenvalue weighted by atomic mass is 16.2. The number of nitrogens with zero attached hydrogens (tertiary/aromatic N) is 2. The van der Waals surface area contributed by atoms with E-state index < -0.39 is 0 Å². The molecule has 1 aromatic rings. The number of aliphatic hydroxyl groups is 1. The van der Waals surface area contributed by atoms with Crippen LogP contribution in [0.1, 0.15) is 31.4 Å². The van der Waals surface area contributed by atoms with E-state index in [4.69, 9.17) is 5.11 Å².